The van der Waals surface area contributed by atoms with Gasteiger partial charge < -0.3 is 10.6 Å². The average molecular weight is 250 g/mol. The molecule has 2 heteroatoms. The van der Waals surface area contributed by atoms with E-state index in [1.807, 2.05) is 0 Å². The summed E-state index contributed by atoms with van der Waals surface area (Å²) in [4.78, 5) is 0. The Labute approximate surface area is 112 Å². The first kappa shape index (κ1) is 12.9. The molecule has 4 saturated carbocycles. The lowest BCUT2D eigenvalue weighted by Crippen LogP contribution is -2.47. The molecule has 0 spiro atoms. The highest BCUT2D eigenvalue weighted by Crippen LogP contribution is 2.61. The van der Waals surface area contributed by atoms with Gasteiger partial charge in [0.25, 0.3) is 0 Å². The molecule has 0 amide bonds. The van der Waals surface area contributed by atoms with E-state index in [4.69, 9.17) is 0 Å². The minimum Gasteiger partial charge on any atom is -0.316 e. The van der Waals surface area contributed by atoms with Crippen molar-refractivity contribution in [3.63, 3.8) is 0 Å². The zero-order valence-corrected chi connectivity index (χ0v) is 12.0. The molecular formula is C16H30N2. The van der Waals surface area contributed by atoms with Crippen LogP contribution in [0.5, 0.6) is 0 Å². The normalized spacial score (nSPS) is 41.5. The van der Waals surface area contributed by atoms with Crippen molar-refractivity contribution in [1.29, 1.82) is 0 Å². The summed E-state index contributed by atoms with van der Waals surface area (Å²) in [5, 5.41) is 7.01. The maximum absolute atomic E-state index is 3.63. The van der Waals surface area contributed by atoms with E-state index in [9.17, 15) is 0 Å². The highest BCUT2D eigenvalue weighted by Gasteiger charge is 2.50. The Morgan fingerprint density at radius 2 is 1.39 bits per heavy atom. The molecule has 0 unspecified atom stereocenters. The first-order valence-electron chi connectivity index (χ1n) is 8.21. The molecule has 104 valence electrons. The van der Waals surface area contributed by atoms with E-state index >= 15 is 0 Å². The highest BCUT2D eigenvalue weighted by atomic mass is 14.9. The molecule has 4 bridgehead atoms. The van der Waals surface area contributed by atoms with Crippen molar-refractivity contribution in [2.45, 2.75) is 51.9 Å². The first-order chi connectivity index (χ1) is 8.80. The van der Waals surface area contributed by atoms with Gasteiger partial charge in [0.2, 0.25) is 0 Å². The Morgan fingerprint density at radius 3 is 1.94 bits per heavy atom. The molecule has 0 aromatic heterocycles. The van der Waals surface area contributed by atoms with Crippen LogP contribution in [0.3, 0.4) is 0 Å². The molecule has 0 aliphatic heterocycles. The number of hydrogen-bond acceptors (Lipinski definition) is 2. The van der Waals surface area contributed by atoms with E-state index in [0.717, 1.165) is 42.8 Å². The maximum Gasteiger partial charge on any atom is 0.00767 e. The van der Waals surface area contributed by atoms with Crippen molar-refractivity contribution >= 4 is 0 Å². The van der Waals surface area contributed by atoms with E-state index < -0.39 is 0 Å². The third kappa shape index (κ3) is 2.75. The van der Waals surface area contributed by atoms with Gasteiger partial charge >= 0.3 is 0 Å². The van der Waals surface area contributed by atoms with Crippen LogP contribution in [-0.2, 0) is 0 Å². The Kier molecular flexibility index (Phi) is 3.95. The van der Waals surface area contributed by atoms with Crippen LogP contribution in [-0.4, -0.2) is 26.2 Å². The first-order valence-corrected chi connectivity index (χ1v) is 8.21. The summed E-state index contributed by atoms with van der Waals surface area (Å²) < 4.78 is 0. The largest absolute Gasteiger partial charge is 0.316 e. The molecule has 4 aliphatic rings. The summed E-state index contributed by atoms with van der Waals surface area (Å²) in [5.41, 5.74) is 0.764. The van der Waals surface area contributed by atoms with E-state index in [0.29, 0.717) is 0 Å². The fraction of sp³-hybridized carbons (Fsp3) is 1.00. The third-order valence-electron chi connectivity index (χ3n) is 5.73. The van der Waals surface area contributed by atoms with Gasteiger partial charge in [-0.3, -0.25) is 0 Å². The molecule has 0 saturated heterocycles. The molecule has 4 rings (SSSR count). The topological polar surface area (TPSA) is 24.1 Å². The zero-order chi connectivity index (χ0) is 12.4. The van der Waals surface area contributed by atoms with Crippen LogP contribution in [0.1, 0.15) is 51.9 Å². The summed E-state index contributed by atoms with van der Waals surface area (Å²) >= 11 is 0. The lowest BCUT2D eigenvalue weighted by Gasteiger charge is -2.57. The van der Waals surface area contributed by atoms with Crippen molar-refractivity contribution in [2.75, 3.05) is 26.2 Å². The van der Waals surface area contributed by atoms with Crippen LogP contribution >= 0.6 is 0 Å². The molecule has 0 heterocycles. The van der Waals surface area contributed by atoms with Crippen LogP contribution in [0.25, 0.3) is 0 Å². The molecule has 4 aliphatic carbocycles. The van der Waals surface area contributed by atoms with Crippen LogP contribution in [0.4, 0.5) is 0 Å². The fourth-order valence-corrected chi connectivity index (χ4v) is 5.43. The van der Waals surface area contributed by atoms with E-state index in [2.05, 4.69) is 17.6 Å². The molecule has 2 nitrogen and oxygen atoms in total. The maximum atomic E-state index is 3.63. The van der Waals surface area contributed by atoms with Gasteiger partial charge in [0.15, 0.2) is 0 Å². The molecule has 0 atom stereocenters. The summed E-state index contributed by atoms with van der Waals surface area (Å²) in [6.07, 6.45) is 10.9. The minimum atomic E-state index is 0.764. The summed E-state index contributed by atoms with van der Waals surface area (Å²) in [6.45, 7) is 6.78. The Morgan fingerprint density at radius 1 is 0.833 bits per heavy atom. The van der Waals surface area contributed by atoms with Gasteiger partial charge in [0.05, 0.1) is 0 Å². The van der Waals surface area contributed by atoms with E-state index in [-0.39, 0.29) is 0 Å². The Hall–Kier alpha value is -0.0800. The van der Waals surface area contributed by atoms with Crippen LogP contribution in [0, 0.1) is 23.2 Å². The van der Waals surface area contributed by atoms with Crippen molar-refractivity contribution in [3.8, 4) is 0 Å². The van der Waals surface area contributed by atoms with Crippen LogP contribution in [0.15, 0.2) is 0 Å². The second-order valence-electron chi connectivity index (χ2n) is 7.27. The van der Waals surface area contributed by atoms with E-state index in [1.54, 1.807) is 38.5 Å². The van der Waals surface area contributed by atoms with Crippen LogP contribution < -0.4 is 10.6 Å². The lowest BCUT2D eigenvalue weighted by atomic mass is 9.49. The second-order valence-corrected chi connectivity index (χ2v) is 7.27. The Bertz CT molecular complexity index is 239. The van der Waals surface area contributed by atoms with Gasteiger partial charge in [0.1, 0.15) is 0 Å². The SMILES string of the molecule is CCNCCNCCC12CC3CC(CC(C3)C1)C2. The molecule has 0 aromatic rings. The average Bonchev–Trinajstić information content (AvgIpc) is 2.32. The van der Waals surface area contributed by atoms with Crippen molar-refractivity contribution in [1.82, 2.24) is 10.6 Å². The van der Waals surface area contributed by atoms with Gasteiger partial charge in [-0.1, -0.05) is 6.92 Å². The van der Waals surface area contributed by atoms with Crippen molar-refractivity contribution in [3.05, 3.63) is 0 Å². The highest BCUT2D eigenvalue weighted by molar-refractivity contribution is 5.01. The lowest BCUT2D eigenvalue weighted by molar-refractivity contribution is -0.0567. The predicted octanol–water partition coefficient (Wildman–Crippen LogP) is 2.79. The number of rotatable bonds is 7. The summed E-state index contributed by atoms with van der Waals surface area (Å²) in [5.74, 6) is 3.33. The van der Waals surface area contributed by atoms with Gasteiger partial charge in [-0.05, 0) is 81.2 Å². The second kappa shape index (κ2) is 5.50. The van der Waals surface area contributed by atoms with Gasteiger partial charge in [-0.25, -0.2) is 0 Å². The summed E-state index contributed by atoms with van der Waals surface area (Å²) in [7, 11) is 0. The third-order valence-corrected chi connectivity index (χ3v) is 5.73. The summed E-state index contributed by atoms with van der Waals surface area (Å²) in [6, 6.07) is 0. The van der Waals surface area contributed by atoms with Gasteiger partial charge in [-0.15, -0.1) is 0 Å². The number of hydrogen-bond donors (Lipinski definition) is 2. The molecule has 0 radical (unpaired) electrons. The molecule has 4 fully saturated rings. The zero-order valence-electron chi connectivity index (χ0n) is 12.0. The van der Waals surface area contributed by atoms with Crippen LogP contribution in [0.2, 0.25) is 0 Å². The quantitative estimate of drug-likeness (QED) is 0.679. The number of likely N-dealkylation sites (N-methyl/N-ethyl adjacent to an activating group) is 1. The minimum absolute atomic E-state index is 0.764. The predicted molar refractivity (Wildman–Crippen MR) is 76.6 cm³/mol. The fourth-order valence-electron chi connectivity index (χ4n) is 5.43. The molecule has 18 heavy (non-hydrogen) atoms. The van der Waals surface area contributed by atoms with Crippen molar-refractivity contribution in [2.24, 2.45) is 23.2 Å². The van der Waals surface area contributed by atoms with E-state index in [1.165, 1.54) is 13.0 Å². The molecular weight excluding hydrogens is 220 g/mol. The van der Waals surface area contributed by atoms with Gasteiger partial charge in [-0.2, -0.15) is 0 Å². The molecule has 2 N–H and O–H groups in total. The standard InChI is InChI=1S/C16H30N2/c1-2-17-5-6-18-4-3-16-10-13-7-14(11-16)9-15(8-13)12-16/h13-15,17-18H,2-12H2,1H3. The molecule has 0 aromatic carbocycles. The monoisotopic (exact) mass is 250 g/mol. The number of nitrogens with one attached hydrogen (secondary N) is 2. The smallest absolute Gasteiger partial charge is 0.00767 e. The Balaban J connectivity index is 1.42. The van der Waals surface area contributed by atoms with Gasteiger partial charge in [0, 0.05) is 13.1 Å². The van der Waals surface area contributed by atoms with Crippen molar-refractivity contribution < 1.29 is 0 Å².